The summed E-state index contributed by atoms with van der Waals surface area (Å²) in [6, 6.07) is 11.7. The molecule has 2 aromatic carbocycles. The third-order valence-corrected chi connectivity index (χ3v) is 4.04. The third kappa shape index (κ3) is 2.16. The standard InChI is InChI=1S/C19H12O4/c20-14-5-6-15-11(9-14)7-12(18(15)21)8-13-10-23-17-4-2-1-3-16(17)19(13)22/h1-6,8-10,20H,7H2. The van der Waals surface area contributed by atoms with E-state index in [2.05, 4.69) is 0 Å². The number of carbonyl (C=O) groups is 1. The number of aromatic hydroxyl groups is 1. The maximum absolute atomic E-state index is 12.5. The summed E-state index contributed by atoms with van der Waals surface area (Å²) in [5.41, 5.74) is 2.57. The van der Waals surface area contributed by atoms with Crippen LogP contribution in [0.15, 0.2) is 63.5 Å². The fourth-order valence-corrected chi connectivity index (χ4v) is 2.90. The second-order valence-corrected chi connectivity index (χ2v) is 5.53. The van der Waals surface area contributed by atoms with Gasteiger partial charge in [0.1, 0.15) is 17.6 Å². The number of hydrogen-bond acceptors (Lipinski definition) is 4. The van der Waals surface area contributed by atoms with Crippen molar-refractivity contribution in [3.63, 3.8) is 0 Å². The number of rotatable bonds is 1. The van der Waals surface area contributed by atoms with Crippen molar-refractivity contribution in [1.29, 1.82) is 0 Å². The van der Waals surface area contributed by atoms with Crippen molar-refractivity contribution in [2.75, 3.05) is 0 Å². The van der Waals surface area contributed by atoms with Gasteiger partial charge in [0.05, 0.1) is 10.9 Å². The van der Waals surface area contributed by atoms with Crippen LogP contribution < -0.4 is 5.43 Å². The Bertz CT molecular complexity index is 1040. The van der Waals surface area contributed by atoms with Crippen LogP contribution in [0.3, 0.4) is 0 Å². The summed E-state index contributed by atoms with van der Waals surface area (Å²) in [4.78, 5) is 24.9. The normalized spacial score (nSPS) is 15.3. The molecule has 1 heterocycles. The van der Waals surface area contributed by atoms with Crippen LogP contribution >= 0.6 is 0 Å². The minimum atomic E-state index is -0.161. The number of benzene rings is 2. The van der Waals surface area contributed by atoms with Crippen molar-refractivity contribution >= 4 is 22.8 Å². The van der Waals surface area contributed by atoms with Gasteiger partial charge in [0.25, 0.3) is 0 Å². The molecule has 4 nitrogen and oxygen atoms in total. The maximum Gasteiger partial charge on any atom is 0.199 e. The van der Waals surface area contributed by atoms with Gasteiger partial charge in [-0.2, -0.15) is 0 Å². The molecule has 0 saturated carbocycles. The molecule has 0 atom stereocenters. The molecule has 3 aromatic rings. The minimum absolute atomic E-state index is 0.118. The van der Waals surface area contributed by atoms with Crippen LogP contribution in [-0.2, 0) is 6.42 Å². The fraction of sp³-hybridized carbons (Fsp3) is 0.0526. The van der Waals surface area contributed by atoms with Crippen LogP contribution in [0.1, 0.15) is 21.5 Å². The predicted octanol–water partition coefficient (Wildman–Crippen LogP) is 3.32. The van der Waals surface area contributed by atoms with Crippen LogP contribution in [0.5, 0.6) is 5.75 Å². The monoisotopic (exact) mass is 304 g/mol. The van der Waals surface area contributed by atoms with E-state index < -0.39 is 0 Å². The average molecular weight is 304 g/mol. The molecule has 0 radical (unpaired) electrons. The second-order valence-electron chi connectivity index (χ2n) is 5.53. The second kappa shape index (κ2) is 4.95. The van der Waals surface area contributed by atoms with E-state index in [9.17, 15) is 14.7 Å². The topological polar surface area (TPSA) is 67.5 Å². The highest BCUT2D eigenvalue weighted by atomic mass is 16.3. The van der Waals surface area contributed by atoms with Crippen LogP contribution in [-0.4, -0.2) is 10.9 Å². The lowest BCUT2D eigenvalue weighted by molar-refractivity contribution is 0.104. The molecular formula is C19H12O4. The molecule has 0 bridgehead atoms. The summed E-state index contributed by atoms with van der Waals surface area (Å²) in [7, 11) is 0. The number of fused-ring (bicyclic) bond motifs is 2. The Morgan fingerprint density at radius 3 is 2.78 bits per heavy atom. The first-order valence-electron chi connectivity index (χ1n) is 7.21. The highest BCUT2D eigenvalue weighted by molar-refractivity contribution is 6.15. The lowest BCUT2D eigenvalue weighted by Gasteiger charge is -1.99. The molecular weight excluding hydrogens is 292 g/mol. The third-order valence-electron chi connectivity index (χ3n) is 4.04. The lowest BCUT2D eigenvalue weighted by Crippen LogP contribution is -2.06. The molecule has 1 aliphatic rings. The molecule has 0 saturated heterocycles. The van der Waals surface area contributed by atoms with Crippen molar-refractivity contribution < 1.29 is 14.3 Å². The quantitative estimate of drug-likeness (QED) is 0.700. The number of ketones is 1. The van der Waals surface area contributed by atoms with Crippen LogP contribution in [0.2, 0.25) is 0 Å². The van der Waals surface area contributed by atoms with Gasteiger partial charge in [-0.1, -0.05) is 12.1 Å². The Hall–Kier alpha value is -3.14. The summed E-state index contributed by atoms with van der Waals surface area (Å²) in [6.07, 6.45) is 3.36. The van der Waals surface area contributed by atoms with Gasteiger partial charge < -0.3 is 9.52 Å². The molecule has 0 spiro atoms. The van der Waals surface area contributed by atoms with Gasteiger partial charge in [0, 0.05) is 17.6 Å². The number of phenolic OH excluding ortho intramolecular Hbond substituents is 1. The van der Waals surface area contributed by atoms with Crippen molar-refractivity contribution in [2.45, 2.75) is 6.42 Å². The van der Waals surface area contributed by atoms with Gasteiger partial charge in [-0.05, 0) is 42.0 Å². The molecule has 112 valence electrons. The van der Waals surface area contributed by atoms with Gasteiger partial charge in [0.2, 0.25) is 0 Å². The van der Waals surface area contributed by atoms with Gasteiger partial charge >= 0.3 is 0 Å². The summed E-state index contributed by atoms with van der Waals surface area (Å²) >= 11 is 0. The molecule has 23 heavy (non-hydrogen) atoms. The lowest BCUT2D eigenvalue weighted by atomic mass is 10.1. The first kappa shape index (κ1) is 13.5. The van der Waals surface area contributed by atoms with E-state index in [1.54, 1.807) is 42.5 Å². The van der Waals surface area contributed by atoms with Gasteiger partial charge in [-0.3, -0.25) is 9.59 Å². The highest BCUT2D eigenvalue weighted by Gasteiger charge is 2.25. The zero-order chi connectivity index (χ0) is 16.0. The molecule has 1 aliphatic carbocycles. The maximum atomic E-state index is 12.5. The smallest absolute Gasteiger partial charge is 0.199 e. The van der Waals surface area contributed by atoms with E-state index in [-0.39, 0.29) is 17.0 Å². The Balaban J connectivity index is 1.82. The van der Waals surface area contributed by atoms with Crippen LogP contribution in [0.25, 0.3) is 17.0 Å². The minimum Gasteiger partial charge on any atom is -0.508 e. The predicted molar refractivity (Wildman–Crippen MR) is 86.6 cm³/mol. The highest BCUT2D eigenvalue weighted by Crippen LogP contribution is 2.30. The summed E-state index contributed by atoms with van der Waals surface area (Å²) in [6.45, 7) is 0. The van der Waals surface area contributed by atoms with Crippen molar-refractivity contribution in [3.8, 4) is 5.75 Å². The first-order chi connectivity index (χ1) is 11.1. The molecule has 0 aliphatic heterocycles. The van der Waals surface area contributed by atoms with Crippen LogP contribution in [0.4, 0.5) is 0 Å². The number of phenols is 1. The van der Waals surface area contributed by atoms with Gasteiger partial charge in [-0.25, -0.2) is 0 Å². The zero-order valence-corrected chi connectivity index (χ0v) is 12.1. The number of hydrogen-bond donors (Lipinski definition) is 1. The first-order valence-corrected chi connectivity index (χ1v) is 7.21. The molecule has 4 heteroatoms. The van der Waals surface area contributed by atoms with Crippen molar-refractivity contribution in [3.05, 3.63) is 81.2 Å². The van der Waals surface area contributed by atoms with Gasteiger partial charge in [0.15, 0.2) is 11.2 Å². The Morgan fingerprint density at radius 2 is 1.91 bits per heavy atom. The summed E-state index contributed by atoms with van der Waals surface area (Å²) < 4.78 is 5.47. The summed E-state index contributed by atoms with van der Waals surface area (Å²) in [5, 5.41) is 10.0. The Kier molecular flexibility index (Phi) is 2.91. The largest absolute Gasteiger partial charge is 0.508 e. The molecule has 0 fully saturated rings. The SMILES string of the molecule is O=C1C(=Cc2coc3ccccc3c2=O)Cc2cc(O)ccc21. The van der Waals surface area contributed by atoms with E-state index in [0.717, 1.165) is 5.56 Å². The molecule has 4 rings (SSSR count). The fourth-order valence-electron chi connectivity index (χ4n) is 2.90. The Labute approximate surface area is 131 Å². The van der Waals surface area contributed by atoms with E-state index in [1.165, 1.54) is 12.3 Å². The van der Waals surface area contributed by atoms with Gasteiger partial charge in [-0.15, -0.1) is 0 Å². The van der Waals surface area contributed by atoms with E-state index in [0.29, 0.717) is 34.1 Å². The zero-order valence-electron chi connectivity index (χ0n) is 12.1. The molecule has 0 unspecified atom stereocenters. The number of Topliss-reactive ketones (excluding diaryl/α,β-unsaturated/α-hetero) is 1. The number of para-hydroxylation sites is 1. The average Bonchev–Trinajstić information content (AvgIpc) is 2.86. The Morgan fingerprint density at radius 1 is 1.09 bits per heavy atom. The molecule has 1 aromatic heterocycles. The number of allylic oxidation sites excluding steroid dienone is 1. The van der Waals surface area contributed by atoms with Crippen LogP contribution in [0, 0.1) is 0 Å². The number of carbonyl (C=O) groups excluding carboxylic acids is 1. The molecule has 0 amide bonds. The van der Waals surface area contributed by atoms with Crippen molar-refractivity contribution in [1.82, 2.24) is 0 Å². The summed E-state index contributed by atoms with van der Waals surface area (Å²) in [5.74, 6) is 0.00979. The molecule has 1 N–H and O–H groups in total. The van der Waals surface area contributed by atoms with E-state index in [4.69, 9.17) is 4.42 Å². The van der Waals surface area contributed by atoms with E-state index in [1.807, 2.05) is 0 Å². The van der Waals surface area contributed by atoms with E-state index >= 15 is 0 Å². The van der Waals surface area contributed by atoms with Crippen molar-refractivity contribution in [2.24, 2.45) is 0 Å².